The highest BCUT2D eigenvalue weighted by Crippen LogP contribution is 2.27. The van der Waals surface area contributed by atoms with Gasteiger partial charge in [-0.15, -0.1) is 0 Å². The molecule has 1 amide bonds. The molecule has 2 aromatic rings. The number of nitrogens with one attached hydrogen (secondary N) is 2. The fourth-order valence-electron chi connectivity index (χ4n) is 2.80. The van der Waals surface area contributed by atoms with Crippen LogP contribution in [0.3, 0.4) is 0 Å². The van der Waals surface area contributed by atoms with Crippen molar-refractivity contribution in [2.75, 3.05) is 17.7 Å². The number of nitrogens with zero attached hydrogens (tertiary/aromatic N) is 1. The van der Waals surface area contributed by atoms with Crippen LogP contribution >= 0.6 is 0 Å². The van der Waals surface area contributed by atoms with Gasteiger partial charge in [-0.1, -0.05) is 32.0 Å². The Hall–Kier alpha value is -3.42. The van der Waals surface area contributed by atoms with Crippen molar-refractivity contribution in [3.8, 4) is 0 Å². The molecule has 2 N–H and O–H groups in total. The van der Waals surface area contributed by atoms with Crippen molar-refractivity contribution in [3.05, 3.63) is 63.7 Å². The second-order valence-electron chi connectivity index (χ2n) is 6.67. The highest BCUT2D eigenvalue weighted by Gasteiger charge is 2.23. The van der Waals surface area contributed by atoms with Crippen LogP contribution in [0.25, 0.3) is 0 Å². The van der Waals surface area contributed by atoms with Crippen molar-refractivity contribution in [2.24, 2.45) is 0 Å². The molecule has 2 rings (SSSR count). The second kappa shape index (κ2) is 9.68. The first kappa shape index (κ1) is 21.9. The number of esters is 1. The largest absolute Gasteiger partial charge is 0.449 e. The van der Waals surface area contributed by atoms with Crippen molar-refractivity contribution in [1.29, 1.82) is 0 Å². The van der Waals surface area contributed by atoms with Gasteiger partial charge in [0.05, 0.1) is 10.5 Å². The Balaban J connectivity index is 2.11. The predicted octanol–water partition coefficient (Wildman–Crippen LogP) is 4.33. The molecule has 2 atom stereocenters. The van der Waals surface area contributed by atoms with E-state index in [0.717, 1.165) is 18.1 Å². The van der Waals surface area contributed by atoms with Crippen molar-refractivity contribution in [2.45, 2.75) is 39.2 Å². The molecule has 8 nitrogen and oxygen atoms in total. The lowest BCUT2D eigenvalue weighted by Crippen LogP contribution is -2.30. The van der Waals surface area contributed by atoms with Gasteiger partial charge in [-0.3, -0.25) is 14.9 Å². The van der Waals surface area contributed by atoms with Crippen LogP contribution in [0.5, 0.6) is 0 Å². The lowest BCUT2D eigenvalue weighted by molar-refractivity contribution is -0.384. The topological polar surface area (TPSA) is 111 Å². The molecule has 0 fully saturated rings. The number of hydrogen-bond donors (Lipinski definition) is 2. The third kappa shape index (κ3) is 5.31. The van der Waals surface area contributed by atoms with Gasteiger partial charge in [-0.25, -0.2) is 4.79 Å². The SMILES string of the molecule is CC[C@H](C)c1ccccc1NC(=O)[C@@H](C)OC(=O)c1ccc(NC)c([N+](=O)[O-])c1. The van der Waals surface area contributed by atoms with Crippen LogP contribution in [0.2, 0.25) is 0 Å². The smallest absolute Gasteiger partial charge is 0.339 e. The number of nitro groups is 1. The van der Waals surface area contributed by atoms with E-state index in [2.05, 4.69) is 24.5 Å². The quantitative estimate of drug-likeness (QED) is 0.388. The Kier molecular flexibility index (Phi) is 7.30. The van der Waals surface area contributed by atoms with E-state index in [-0.39, 0.29) is 22.9 Å². The average molecular weight is 399 g/mol. The number of ether oxygens (including phenoxy) is 1. The van der Waals surface area contributed by atoms with Crippen LogP contribution in [-0.4, -0.2) is 30.0 Å². The van der Waals surface area contributed by atoms with Crippen molar-refractivity contribution < 1.29 is 19.2 Å². The highest BCUT2D eigenvalue weighted by atomic mass is 16.6. The monoisotopic (exact) mass is 399 g/mol. The molecule has 0 saturated carbocycles. The van der Waals surface area contributed by atoms with E-state index in [0.29, 0.717) is 5.69 Å². The van der Waals surface area contributed by atoms with Crippen molar-refractivity contribution >= 4 is 28.9 Å². The van der Waals surface area contributed by atoms with Crippen LogP contribution < -0.4 is 10.6 Å². The summed E-state index contributed by atoms with van der Waals surface area (Å²) in [7, 11) is 1.55. The lowest BCUT2D eigenvalue weighted by atomic mass is 9.97. The summed E-state index contributed by atoms with van der Waals surface area (Å²) in [6.07, 6.45) is -0.158. The molecule has 154 valence electrons. The number of anilines is 2. The Labute approximate surface area is 169 Å². The molecule has 0 bridgehead atoms. The third-order valence-electron chi connectivity index (χ3n) is 4.71. The van der Waals surface area contributed by atoms with Gasteiger partial charge in [0.25, 0.3) is 11.6 Å². The normalized spacial score (nSPS) is 12.6. The van der Waals surface area contributed by atoms with E-state index in [1.165, 1.54) is 19.1 Å². The summed E-state index contributed by atoms with van der Waals surface area (Å²) in [4.78, 5) is 35.4. The van der Waals surface area contributed by atoms with Gasteiger partial charge in [0, 0.05) is 18.8 Å². The Bertz CT molecular complexity index is 913. The Morgan fingerprint density at radius 3 is 2.45 bits per heavy atom. The van der Waals surface area contributed by atoms with Crippen molar-refractivity contribution in [3.63, 3.8) is 0 Å². The highest BCUT2D eigenvalue weighted by molar-refractivity contribution is 5.98. The summed E-state index contributed by atoms with van der Waals surface area (Å²) in [6.45, 7) is 5.58. The van der Waals surface area contributed by atoms with E-state index in [1.54, 1.807) is 13.1 Å². The fraction of sp³-hybridized carbons (Fsp3) is 0.333. The molecule has 0 aliphatic heterocycles. The first-order chi connectivity index (χ1) is 13.8. The van der Waals surface area contributed by atoms with E-state index in [1.807, 2.05) is 18.2 Å². The van der Waals surface area contributed by atoms with Crippen LogP contribution in [0.4, 0.5) is 17.1 Å². The van der Waals surface area contributed by atoms with Crippen molar-refractivity contribution in [1.82, 2.24) is 0 Å². The molecule has 8 heteroatoms. The summed E-state index contributed by atoms with van der Waals surface area (Å²) in [5.74, 6) is -1.03. The number of hydrogen-bond acceptors (Lipinski definition) is 6. The van der Waals surface area contributed by atoms with E-state index in [9.17, 15) is 19.7 Å². The number of amides is 1. The molecule has 0 radical (unpaired) electrons. The predicted molar refractivity (Wildman–Crippen MR) is 111 cm³/mol. The number of rotatable bonds is 8. The molecular weight excluding hydrogens is 374 g/mol. The molecule has 0 aliphatic carbocycles. The van der Waals surface area contributed by atoms with Crippen LogP contribution in [0, 0.1) is 10.1 Å². The Morgan fingerprint density at radius 2 is 1.83 bits per heavy atom. The summed E-state index contributed by atoms with van der Waals surface area (Å²) in [5.41, 5.74) is 1.69. The van der Waals surface area contributed by atoms with Gasteiger partial charge in [0.2, 0.25) is 0 Å². The summed E-state index contributed by atoms with van der Waals surface area (Å²) in [6, 6.07) is 11.4. The molecule has 2 aromatic carbocycles. The molecule has 0 spiro atoms. The summed E-state index contributed by atoms with van der Waals surface area (Å²) < 4.78 is 5.21. The van der Waals surface area contributed by atoms with E-state index >= 15 is 0 Å². The Morgan fingerprint density at radius 1 is 1.14 bits per heavy atom. The maximum absolute atomic E-state index is 12.5. The van der Waals surface area contributed by atoms with Gasteiger partial charge < -0.3 is 15.4 Å². The molecule has 29 heavy (non-hydrogen) atoms. The molecular formula is C21H25N3O5. The van der Waals surface area contributed by atoms with Crippen LogP contribution in [-0.2, 0) is 9.53 Å². The second-order valence-corrected chi connectivity index (χ2v) is 6.67. The van der Waals surface area contributed by atoms with Crippen LogP contribution in [0.15, 0.2) is 42.5 Å². The number of benzene rings is 2. The molecule has 0 unspecified atom stereocenters. The minimum atomic E-state index is -1.07. The molecule has 0 heterocycles. The van der Waals surface area contributed by atoms with Gasteiger partial charge in [-0.2, -0.15) is 0 Å². The number of carbonyl (C=O) groups excluding carboxylic acids is 2. The zero-order valence-electron chi connectivity index (χ0n) is 16.9. The number of nitro benzene ring substituents is 1. The standard InChI is InChI=1S/C21H25N3O5/c1-5-13(2)16-8-6-7-9-17(16)23-20(25)14(3)29-21(26)15-10-11-18(22-4)19(12-15)24(27)28/h6-14,22H,5H2,1-4H3,(H,23,25)/t13-,14+/m0/s1. The first-order valence-electron chi connectivity index (χ1n) is 9.35. The van der Waals surface area contributed by atoms with E-state index < -0.39 is 22.9 Å². The summed E-state index contributed by atoms with van der Waals surface area (Å²) in [5, 5.41) is 16.6. The minimum absolute atomic E-state index is 0.00430. The summed E-state index contributed by atoms with van der Waals surface area (Å²) >= 11 is 0. The van der Waals surface area contributed by atoms with Crippen LogP contribution in [0.1, 0.15) is 49.0 Å². The lowest BCUT2D eigenvalue weighted by Gasteiger charge is -2.18. The molecule has 0 aliphatic rings. The number of para-hydroxylation sites is 1. The van der Waals surface area contributed by atoms with Gasteiger partial charge in [0.15, 0.2) is 6.10 Å². The van der Waals surface area contributed by atoms with Gasteiger partial charge >= 0.3 is 5.97 Å². The fourth-order valence-corrected chi connectivity index (χ4v) is 2.80. The van der Waals surface area contributed by atoms with Gasteiger partial charge in [-0.05, 0) is 43.0 Å². The van der Waals surface area contributed by atoms with E-state index in [4.69, 9.17) is 4.74 Å². The van der Waals surface area contributed by atoms with Gasteiger partial charge in [0.1, 0.15) is 5.69 Å². The maximum atomic E-state index is 12.5. The maximum Gasteiger partial charge on any atom is 0.339 e. The zero-order chi connectivity index (χ0) is 21.6. The zero-order valence-corrected chi connectivity index (χ0v) is 16.9. The minimum Gasteiger partial charge on any atom is -0.449 e. The first-order valence-corrected chi connectivity index (χ1v) is 9.35. The third-order valence-corrected chi connectivity index (χ3v) is 4.71. The number of carbonyl (C=O) groups is 2. The molecule has 0 aromatic heterocycles. The molecule has 0 saturated heterocycles. The average Bonchev–Trinajstić information content (AvgIpc) is 2.72.